The second-order valence-corrected chi connectivity index (χ2v) is 11.7. The number of aliphatic carboxylic acids is 1. The van der Waals surface area contributed by atoms with Crippen molar-refractivity contribution in [2.24, 2.45) is 0 Å². The quantitative estimate of drug-likeness (QED) is 0.694. The van der Waals surface area contributed by atoms with Gasteiger partial charge in [-0.25, -0.2) is 4.79 Å². The number of carbonyl (C=O) groups is 2. The first-order valence-corrected chi connectivity index (χ1v) is 9.66. The van der Waals surface area contributed by atoms with E-state index in [4.69, 9.17) is 5.11 Å². The highest BCUT2D eigenvalue weighted by Crippen LogP contribution is 2.12. The van der Waals surface area contributed by atoms with Crippen LogP contribution in [0, 0.1) is 0 Å². The lowest BCUT2D eigenvalue weighted by Gasteiger charge is -2.17. The summed E-state index contributed by atoms with van der Waals surface area (Å²) in [5.74, 6) is -0.816. The van der Waals surface area contributed by atoms with Gasteiger partial charge < -0.3 is 10.4 Å². The molecule has 0 aliphatic heterocycles. The van der Waals surface area contributed by atoms with Gasteiger partial charge in [-0.2, -0.15) is 11.8 Å². The maximum absolute atomic E-state index is 10.8. The van der Waals surface area contributed by atoms with Crippen LogP contribution in [0.15, 0.2) is 0 Å². The number of carbonyl (C=O) groups excluding carboxylic acids is 1. The molecular formula is C9H19NO3SSi. The van der Waals surface area contributed by atoms with Gasteiger partial charge in [-0.15, -0.1) is 0 Å². The molecule has 0 bridgehead atoms. The van der Waals surface area contributed by atoms with Crippen molar-refractivity contribution < 1.29 is 14.7 Å². The van der Waals surface area contributed by atoms with E-state index in [0.29, 0.717) is 5.75 Å². The van der Waals surface area contributed by atoms with Crippen molar-refractivity contribution in [1.29, 1.82) is 0 Å². The summed E-state index contributed by atoms with van der Waals surface area (Å²) in [5, 5.41) is 12.3. The van der Waals surface area contributed by atoms with Crippen LogP contribution >= 0.6 is 11.8 Å². The molecule has 0 spiro atoms. The fourth-order valence-electron chi connectivity index (χ4n) is 0.903. The minimum atomic E-state index is -1.14. The van der Waals surface area contributed by atoms with E-state index in [9.17, 15) is 9.59 Å². The largest absolute Gasteiger partial charge is 0.480 e. The average Bonchev–Trinajstić information content (AvgIpc) is 1.99. The molecule has 0 saturated heterocycles. The van der Waals surface area contributed by atoms with Crippen LogP contribution < -0.4 is 5.32 Å². The molecule has 15 heavy (non-hydrogen) atoms. The van der Waals surface area contributed by atoms with Gasteiger partial charge in [-0.3, -0.25) is 4.79 Å². The predicted molar refractivity (Wildman–Crippen MR) is 65.9 cm³/mol. The van der Waals surface area contributed by atoms with Crippen LogP contribution in [0.4, 0.5) is 0 Å². The number of carboxylic acid groups (broad SMARTS) is 1. The molecule has 0 rings (SSSR count). The summed E-state index contributed by atoms with van der Waals surface area (Å²) in [6.45, 7) is 8.02. The zero-order valence-electron chi connectivity index (χ0n) is 9.66. The van der Waals surface area contributed by atoms with Crippen molar-refractivity contribution in [2.75, 3.05) is 11.1 Å². The van der Waals surface area contributed by atoms with Gasteiger partial charge in [0, 0.05) is 12.7 Å². The van der Waals surface area contributed by atoms with E-state index in [1.165, 1.54) is 6.92 Å². The molecule has 0 radical (unpaired) electrons. The van der Waals surface area contributed by atoms with Gasteiger partial charge >= 0.3 is 5.97 Å². The second-order valence-electron chi connectivity index (χ2n) is 4.67. The van der Waals surface area contributed by atoms with Crippen molar-refractivity contribution in [3.05, 3.63) is 0 Å². The number of hydrogen-bond acceptors (Lipinski definition) is 3. The van der Waals surface area contributed by atoms with Crippen LogP contribution in [0.5, 0.6) is 0 Å². The highest BCUT2D eigenvalue weighted by molar-refractivity contribution is 8.00. The smallest absolute Gasteiger partial charge is 0.327 e. The van der Waals surface area contributed by atoms with Crippen LogP contribution in [0.25, 0.3) is 0 Å². The Kier molecular flexibility index (Phi) is 5.97. The molecular weight excluding hydrogens is 230 g/mol. The van der Waals surface area contributed by atoms with E-state index in [1.54, 1.807) is 11.8 Å². The molecule has 1 amide bonds. The van der Waals surface area contributed by atoms with Gasteiger partial charge in [0.25, 0.3) is 0 Å². The number of nitrogens with one attached hydrogen (secondary N) is 1. The van der Waals surface area contributed by atoms with E-state index >= 15 is 0 Å². The zero-order chi connectivity index (χ0) is 12.1. The van der Waals surface area contributed by atoms with Crippen LogP contribution in [-0.4, -0.2) is 42.2 Å². The van der Waals surface area contributed by atoms with Gasteiger partial charge in [0.2, 0.25) is 5.91 Å². The molecule has 0 aromatic rings. The Hall–Kier alpha value is -0.493. The summed E-state index contributed by atoms with van der Waals surface area (Å²) in [5.41, 5.74) is 0. The van der Waals surface area contributed by atoms with Crippen LogP contribution in [-0.2, 0) is 9.59 Å². The van der Waals surface area contributed by atoms with E-state index < -0.39 is 20.1 Å². The minimum Gasteiger partial charge on any atom is -0.480 e. The summed E-state index contributed by atoms with van der Waals surface area (Å²) >= 11 is 1.60. The number of hydrogen-bond donors (Lipinski definition) is 2. The fraction of sp³-hybridized carbons (Fsp3) is 0.778. The third-order valence-corrected chi connectivity index (χ3v) is 6.34. The van der Waals surface area contributed by atoms with Crippen molar-refractivity contribution in [3.8, 4) is 0 Å². The molecule has 2 N–H and O–H groups in total. The Morgan fingerprint density at radius 1 is 1.40 bits per heavy atom. The zero-order valence-corrected chi connectivity index (χ0v) is 11.5. The first-order valence-electron chi connectivity index (χ1n) is 4.80. The van der Waals surface area contributed by atoms with Crippen molar-refractivity contribution in [3.63, 3.8) is 0 Å². The molecule has 4 nitrogen and oxygen atoms in total. The van der Waals surface area contributed by atoms with Gasteiger partial charge in [-0.05, 0) is 5.38 Å². The first kappa shape index (κ1) is 14.5. The number of amides is 1. The topological polar surface area (TPSA) is 66.4 Å². The summed E-state index contributed by atoms with van der Waals surface area (Å²) in [4.78, 5) is 21.5. The molecule has 0 heterocycles. The highest BCUT2D eigenvalue weighted by Gasteiger charge is 2.20. The second kappa shape index (κ2) is 6.17. The van der Waals surface area contributed by atoms with Crippen LogP contribution in [0.1, 0.15) is 6.92 Å². The minimum absolute atomic E-state index is 0.295. The lowest BCUT2D eigenvalue weighted by atomic mass is 10.3. The SMILES string of the molecule is CC(=O)N[C@@H](CSC[Si](C)(C)C)C(=O)O. The molecule has 0 aromatic heterocycles. The van der Waals surface area contributed by atoms with Crippen LogP contribution in [0.2, 0.25) is 19.6 Å². The van der Waals surface area contributed by atoms with Crippen LogP contribution in [0.3, 0.4) is 0 Å². The van der Waals surface area contributed by atoms with Gasteiger partial charge in [0.05, 0.1) is 8.07 Å². The van der Waals surface area contributed by atoms with E-state index in [-0.39, 0.29) is 5.91 Å². The van der Waals surface area contributed by atoms with Gasteiger partial charge in [0.15, 0.2) is 0 Å². The summed E-state index contributed by atoms with van der Waals surface area (Å²) in [7, 11) is -1.14. The Morgan fingerprint density at radius 3 is 2.27 bits per heavy atom. The van der Waals surface area contributed by atoms with Gasteiger partial charge in [-0.1, -0.05) is 19.6 Å². The third kappa shape index (κ3) is 8.50. The summed E-state index contributed by atoms with van der Waals surface area (Å²) in [6, 6.07) is -0.760. The number of rotatable bonds is 6. The molecule has 0 fully saturated rings. The van der Waals surface area contributed by atoms with Gasteiger partial charge in [0.1, 0.15) is 6.04 Å². The highest BCUT2D eigenvalue weighted by atomic mass is 32.2. The third-order valence-electron chi connectivity index (χ3n) is 1.50. The molecule has 0 aliphatic carbocycles. The first-order chi connectivity index (χ1) is 6.72. The lowest BCUT2D eigenvalue weighted by Crippen LogP contribution is -2.42. The fourth-order valence-corrected chi connectivity index (χ4v) is 4.29. The normalized spacial score (nSPS) is 13.3. The monoisotopic (exact) mass is 249 g/mol. The molecule has 88 valence electrons. The molecule has 0 unspecified atom stereocenters. The Morgan fingerprint density at radius 2 is 1.93 bits per heavy atom. The number of thioether (sulfide) groups is 1. The standard InChI is InChI=1S/C9H19NO3SSi/c1-7(11)10-8(9(12)13)5-14-6-15(2,3)4/h8H,5-6H2,1-4H3,(H,10,11)(H,12,13)/t8-/m0/s1. The Bertz CT molecular complexity index is 240. The molecule has 0 saturated carbocycles. The average molecular weight is 249 g/mol. The lowest BCUT2D eigenvalue weighted by molar-refractivity contribution is -0.140. The molecule has 1 atom stereocenters. The van der Waals surface area contributed by atoms with Crippen molar-refractivity contribution in [2.45, 2.75) is 32.6 Å². The molecule has 0 aliphatic rings. The van der Waals surface area contributed by atoms with E-state index in [0.717, 1.165) is 5.38 Å². The maximum atomic E-state index is 10.8. The van der Waals surface area contributed by atoms with Crippen molar-refractivity contribution in [1.82, 2.24) is 5.32 Å². The summed E-state index contributed by atoms with van der Waals surface area (Å²) in [6.07, 6.45) is 0. The Balaban J connectivity index is 3.98. The predicted octanol–water partition coefficient (Wildman–Crippen LogP) is 1.19. The molecule has 6 heteroatoms. The summed E-state index contributed by atoms with van der Waals surface area (Å²) < 4.78 is 0. The van der Waals surface area contributed by atoms with E-state index in [2.05, 4.69) is 25.0 Å². The maximum Gasteiger partial charge on any atom is 0.327 e. The number of carboxylic acids is 1. The Labute approximate surface area is 95.8 Å². The van der Waals surface area contributed by atoms with Crippen molar-refractivity contribution >= 4 is 31.7 Å². The van der Waals surface area contributed by atoms with E-state index in [1.807, 2.05) is 0 Å². The molecule has 0 aromatic carbocycles.